The van der Waals surface area contributed by atoms with Crippen molar-refractivity contribution in [1.82, 2.24) is 9.55 Å². The minimum absolute atomic E-state index is 0.400. The van der Waals surface area contributed by atoms with Gasteiger partial charge in [-0.1, -0.05) is 18.5 Å². The van der Waals surface area contributed by atoms with Crippen LogP contribution in [0.3, 0.4) is 0 Å². The molecule has 0 amide bonds. The van der Waals surface area contributed by atoms with E-state index in [0.29, 0.717) is 10.8 Å². The van der Waals surface area contributed by atoms with E-state index >= 15 is 0 Å². The minimum Gasteiger partial charge on any atom is -0.466 e. The first-order valence-corrected chi connectivity index (χ1v) is 7.61. The Kier molecular flexibility index (Phi) is 6.14. The second-order valence-corrected chi connectivity index (χ2v) is 5.68. The fourth-order valence-electron chi connectivity index (χ4n) is 2.13. The summed E-state index contributed by atoms with van der Waals surface area (Å²) in [5.41, 5.74) is 0. The van der Waals surface area contributed by atoms with Gasteiger partial charge in [-0.05, 0) is 24.3 Å². The molecule has 3 atom stereocenters. The molecular formula is C16H17ClF2N2O3. The normalized spacial score (nSPS) is 14.9. The number of aromatic nitrogens is 2. The summed E-state index contributed by atoms with van der Waals surface area (Å²) in [5, 5.41) is 0.513. The molecule has 24 heavy (non-hydrogen) atoms. The molecule has 0 radical (unpaired) electrons. The van der Waals surface area contributed by atoms with E-state index in [1.54, 1.807) is 30.5 Å². The molecule has 1 aromatic heterocycles. The molecule has 5 nitrogen and oxygen atoms in total. The summed E-state index contributed by atoms with van der Waals surface area (Å²) in [5.74, 6) is -1.51. The molecule has 8 heteroatoms. The number of alkyl halides is 2. The number of halogens is 3. The predicted octanol–water partition coefficient (Wildman–Crippen LogP) is 3.95. The van der Waals surface area contributed by atoms with Crippen molar-refractivity contribution in [2.75, 3.05) is 0 Å². The lowest BCUT2D eigenvalue weighted by atomic mass is 10.0. The highest BCUT2D eigenvalue weighted by Gasteiger charge is 2.37. The van der Waals surface area contributed by atoms with Crippen LogP contribution in [0.1, 0.15) is 20.1 Å². The zero-order valence-electron chi connectivity index (χ0n) is 13.1. The van der Waals surface area contributed by atoms with Gasteiger partial charge in [-0.15, -0.1) is 0 Å². The van der Waals surface area contributed by atoms with Gasteiger partial charge in [-0.25, -0.2) is 13.8 Å². The highest BCUT2D eigenvalue weighted by Crippen LogP contribution is 2.30. The van der Waals surface area contributed by atoms with Crippen LogP contribution in [-0.2, 0) is 9.53 Å². The number of imidazole rings is 1. The summed E-state index contributed by atoms with van der Waals surface area (Å²) in [7, 11) is 0. The Morgan fingerprint density at radius 1 is 1.29 bits per heavy atom. The van der Waals surface area contributed by atoms with Gasteiger partial charge in [0.15, 0.2) is 6.10 Å². The molecule has 0 fully saturated rings. The van der Waals surface area contributed by atoms with Crippen molar-refractivity contribution in [3.63, 3.8) is 0 Å². The van der Waals surface area contributed by atoms with Crippen molar-refractivity contribution < 1.29 is 23.0 Å². The number of hydrogen-bond donors (Lipinski definition) is 0. The predicted molar refractivity (Wildman–Crippen MR) is 84.1 cm³/mol. The molecule has 3 unspecified atom stereocenters. The number of ether oxygens (including phenoxy) is 2. The van der Waals surface area contributed by atoms with Crippen molar-refractivity contribution >= 4 is 17.6 Å². The van der Waals surface area contributed by atoms with Crippen LogP contribution in [0.5, 0.6) is 5.75 Å². The van der Waals surface area contributed by atoms with Gasteiger partial charge in [0, 0.05) is 24.3 Å². The van der Waals surface area contributed by atoms with Gasteiger partial charge in [-0.2, -0.15) is 0 Å². The summed E-state index contributed by atoms with van der Waals surface area (Å²) in [6, 6.07) is 6.42. The molecule has 0 spiro atoms. The number of rotatable bonds is 7. The molecule has 0 aliphatic carbocycles. The smallest absolute Gasteiger partial charge is 0.303 e. The van der Waals surface area contributed by atoms with Crippen molar-refractivity contribution in [2.45, 2.75) is 32.6 Å². The molecule has 2 rings (SSSR count). The summed E-state index contributed by atoms with van der Waals surface area (Å²) < 4.78 is 38.9. The highest BCUT2D eigenvalue weighted by atomic mass is 35.5. The van der Waals surface area contributed by atoms with E-state index in [9.17, 15) is 13.6 Å². The maximum absolute atomic E-state index is 13.2. The molecule has 0 saturated carbocycles. The molecule has 0 saturated heterocycles. The molecule has 130 valence electrons. The van der Waals surface area contributed by atoms with Gasteiger partial charge in [0.05, 0.1) is 12.2 Å². The molecule has 1 aromatic carbocycles. The standard InChI is InChI=1S/C16H17ClF2N2O3/c1-10(15(18)19)14(23-11(2)22)16(21-8-7-20-9-21)24-13-5-3-12(17)4-6-13/h3-10,14-16H,1-2H3. The number of carbonyl (C=O) groups is 1. The first kappa shape index (κ1) is 18.2. The Morgan fingerprint density at radius 3 is 2.46 bits per heavy atom. The van der Waals surface area contributed by atoms with Crippen LogP contribution in [0.25, 0.3) is 0 Å². The zero-order chi connectivity index (χ0) is 17.7. The van der Waals surface area contributed by atoms with Gasteiger partial charge in [0.1, 0.15) is 5.75 Å². The van der Waals surface area contributed by atoms with E-state index < -0.39 is 30.6 Å². The van der Waals surface area contributed by atoms with Gasteiger partial charge < -0.3 is 9.47 Å². The van der Waals surface area contributed by atoms with Gasteiger partial charge in [0.25, 0.3) is 0 Å². The SMILES string of the molecule is CC(=O)OC(C(C)C(F)F)C(Oc1ccc(Cl)cc1)n1ccnc1. The van der Waals surface area contributed by atoms with E-state index in [4.69, 9.17) is 21.1 Å². The van der Waals surface area contributed by atoms with Crippen molar-refractivity contribution in [1.29, 1.82) is 0 Å². The molecule has 0 aliphatic rings. The third-order valence-corrected chi connectivity index (χ3v) is 3.64. The lowest BCUT2D eigenvalue weighted by molar-refractivity contribution is -0.165. The van der Waals surface area contributed by atoms with E-state index in [-0.39, 0.29) is 0 Å². The zero-order valence-corrected chi connectivity index (χ0v) is 13.9. The van der Waals surface area contributed by atoms with Crippen LogP contribution in [-0.4, -0.2) is 28.0 Å². The lowest BCUT2D eigenvalue weighted by Crippen LogP contribution is -2.39. The lowest BCUT2D eigenvalue weighted by Gasteiger charge is -2.31. The number of hydrogen-bond acceptors (Lipinski definition) is 4. The largest absolute Gasteiger partial charge is 0.466 e. The number of carbonyl (C=O) groups excluding carboxylic acids is 1. The van der Waals surface area contributed by atoms with E-state index in [1.807, 2.05) is 0 Å². The topological polar surface area (TPSA) is 53.4 Å². The number of nitrogens with zero attached hydrogens (tertiary/aromatic N) is 2. The second-order valence-electron chi connectivity index (χ2n) is 5.24. The first-order chi connectivity index (χ1) is 11.4. The second kappa shape index (κ2) is 8.10. The minimum atomic E-state index is -2.69. The fraction of sp³-hybridized carbons (Fsp3) is 0.375. The van der Waals surface area contributed by atoms with Gasteiger partial charge in [0.2, 0.25) is 12.7 Å². The Bertz CT molecular complexity index is 650. The molecule has 1 heterocycles. The third kappa shape index (κ3) is 4.67. The van der Waals surface area contributed by atoms with Crippen LogP contribution >= 0.6 is 11.6 Å². The number of esters is 1. The van der Waals surface area contributed by atoms with E-state index in [2.05, 4.69) is 4.98 Å². The third-order valence-electron chi connectivity index (χ3n) is 3.39. The molecule has 2 aromatic rings. The van der Waals surface area contributed by atoms with Crippen molar-refractivity contribution in [2.24, 2.45) is 5.92 Å². The average molecular weight is 359 g/mol. The van der Waals surface area contributed by atoms with Crippen molar-refractivity contribution in [3.8, 4) is 5.75 Å². The van der Waals surface area contributed by atoms with Crippen LogP contribution in [0.15, 0.2) is 43.0 Å². The fourth-order valence-corrected chi connectivity index (χ4v) is 2.26. The Morgan fingerprint density at radius 2 is 1.96 bits per heavy atom. The van der Waals surface area contributed by atoms with Gasteiger partial charge >= 0.3 is 5.97 Å². The van der Waals surface area contributed by atoms with Crippen LogP contribution in [0.4, 0.5) is 8.78 Å². The maximum atomic E-state index is 13.2. The summed E-state index contributed by atoms with van der Waals surface area (Å²) >= 11 is 5.83. The van der Waals surface area contributed by atoms with E-state index in [0.717, 1.165) is 0 Å². The van der Waals surface area contributed by atoms with Crippen molar-refractivity contribution in [3.05, 3.63) is 48.0 Å². The summed E-state index contributed by atoms with van der Waals surface area (Å²) in [4.78, 5) is 15.3. The number of benzene rings is 1. The van der Waals surface area contributed by atoms with Gasteiger partial charge in [-0.3, -0.25) is 9.36 Å². The monoisotopic (exact) mass is 358 g/mol. The molecule has 0 aliphatic heterocycles. The van der Waals surface area contributed by atoms with E-state index in [1.165, 1.54) is 30.9 Å². The Labute approximate surface area is 143 Å². The molecule has 0 N–H and O–H groups in total. The average Bonchev–Trinajstić information content (AvgIpc) is 3.05. The van der Waals surface area contributed by atoms with Crippen LogP contribution in [0.2, 0.25) is 5.02 Å². The quantitative estimate of drug-likeness (QED) is 0.703. The maximum Gasteiger partial charge on any atom is 0.303 e. The van der Waals surface area contributed by atoms with Crippen LogP contribution in [0, 0.1) is 5.92 Å². The first-order valence-electron chi connectivity index (χ1n) is 7.23. The Balaban J connectivity index is 2.35. The highest BCUT2D eigenvalue weighted by molar-refractivity contribution is 6.30. The summed E-state index contributed by atoms with van der Waals surface area (Å²) in [6.07, 6.45) is -0.441. The molecule has 0 bridgehead atoms. The van der Waals surface area contributed by atoms with Crippen LogP contribution < -0.4 is 4.74 Å². The molecular weight excluding hydrogens is 342 g/mol. The summed E-state index contributed by atoms with van der Waals surface area (Å²) in [6.45, 7) is 2.46. The Hall–Kier alpha value is -2.15.